The highest BCUT2D eigenvalue weighted by molar-refractivity contribution is 5.57. The van der Waals surface area contributed by atoms with Gasteiger partial charge in [0, 0.05) is 36.6 Å². The van der Waals surface area contributed by atoms with E-state index >= 15 is 0 Å². The van der Waals surface area contributed by atoms with Crippen LogP contribution in [0, 0.1) is 10.1 Å². The van der Waals surface area contributed by atoms with Gasteiger partial charge in [0.05, 0.1) is 18.7 Å². The molecule has 114 valence electrons. The minimum absolute atomic E-state index is 0.120. The van der Waals surface area contributed by atoms with Crippen molar-refractivity contribution < 1.29 is 9.66 Å². The monoisotopic (exact) mass is 299 g/mol. The van der Waals surface area contributed by atoms with Gasteiger partial charge >= 0.3 is 0 Å². The predicted octanol–water partition coefficient (Wildman–Crippen LogP) is 2.89. The van der Waals surface area contributed by atoms with Gasteiger partial charge in [-0.15, -0.1) is 0 Å². The Morgan fingerprint density at radius 2 is 1.45 bits per heavy atom. The highest BCUT2D eigenvalue weighted by atomic mass is 16.6. The van der Waals surface area contributed by atoms with Crippen molar-refractivity contribution in [3.63, 3.8) is 0 Å². The average Bonchev–Trinajstić information content (AvgIpc) is 3.05. The number of benzene rings is 2. The number of nitro groups is 1. The molecule has 0 atom stereocenters. The standard InChI is InChI=1S/C16H17N3O3/c1-22-16-8-6-14(7-9-16)18-11-10-17(12-18)13-2-4-15(5-3-13)19(20)21/h2-9H,10-12H2,1H3. The second-order valence-corrected chi connectivity index (χ2v) is 5.14. The van der Waals surface area contributed by atoms with Gasteiger partial charge in [0.25, 0.3) is 5.69 Å². The lowest BCUT2D eigenvalue weighted by atomic mass is 10.2. The third-order valence-electron chi connectivity index (χ3n) is 3.84. The zero-order valence-electron chi connectivity index (χ0n) is 12.3. The maximum atomic E-state index is 10.7. The third kappa shape index (κ3) is 2.81. The number of nitro benzene ring substituents is 1. The molecule has 0 saturated carbocycles. The maximum Gasteiger partial charge on any atom is 0.269 e. The van der Waals surface area contributed by atoms with Gasteiger partial charge in [0.15, 0.2) is 0 Å². The Bertz CT molecular complexity index is 655. The molecule has 0 aromatic heterocycles. The molecule has 3 rings (SSSR count). The van der Waals surface area contributed by atoms with E-state index in [1.54, 1.807) is 31.4 Å². The predicted molar refractivity (Wildman–Crippen MR) is 85.6 cm³/mol. The normalized spacial score (nSPS) is 14.2. The first-order valence-corrected chi connectivity index (χ1v) is 7.06. The van der Waals surface area contributed by atoms with E-state index in [0.29, 0.717) is 0 Å². The number of anilines is 2. The van der Waals surface area contributed by atoms with Crippen LogP contribution < -0.4 is 14.5 Å². The molecule has 1 saturated heterocycles. The lowest BCUT2D eigenvalue weighted by Gasteiger charge is -2.21. The van der Waals surface area contributed by atoms with Crippen molar-refractivity contribution in [2.24, 2.45) is 0 Å². The first-order chi connectivity index (χ1) is 10.7. The van der Waals surface area contributed by atoms with Crippen LogP contribution in [-0.4, -0.2) is 31.8 Å². The summed E-state index contributed by atoms with van der Waals surface area (Å²) in [5, 5.41) is 10.7. The van der Waals surface area contributed by atoms with E-state index in [9.17, 15) is 10.1 Å². The molecule has 0 amide bonds. The van der Waals surface area contributed by atoms with E-state index < -0.39 is 0 Å². The zero-order valence-corrected chi connectivity index (χ0v) is 12.3. The van der Waals surface area contributed by atoms with Gasteiger partial charge in [-0.05, 0) is 36.4 Å². The van der Waals surface area contributed by atoms with Gasteiger partial charge < -0.3 is 14.5 Å². The Labute approximate surface area is 128 Å². The lowest BCUT2D eigenvalue weighted by molar-refractivity contribution is -0.384. The number of hydrogen-bond acceptors (Lipinski definition) is 5. The van der Waals surface area contributed by atoms with E-state index in [2.05, 4.69) is 9.80 Å². The van der Waals surface area contributed by atoms with Gasteiger partial charge in [-0.3, -0.25) is 10.1 Å². The van der Waals surface area contributed by atoms with Gasteiger partial charge in [0.2, 0.25) is 0 Å². The molecule has 1 fully saturated rings. The average molecular weight is 299 g/mol. The van der Waals surface area contributed by atoms with Crippen molar-refractivity contribution in [3.05, 3.63) is 58.6 Å². The third-order valence-corrected chi connectivity index (χ3v) is 3.84. The molecule has 22 heavy (non-hydrogen) atoms. The molecule has 6 nitrogen and oxygen atoms in total. The fourth-order valence-electron chi connectivity index (χ4n) is 2.59. The number of ether oxygens (including phenoxy) is 1. The van der Waals surface area contributed by atoms with Crippen LogP contribution in [0.2, 0.25) is 0 Å². The van der Waals surface area contributed by atoms with Crippen molar-refractivity contribution in [2.45, 2.75) is 0 Å². The highest BCUT2D eigenvalue weighted by Crippen LogP contribution is 2.26. The molecule has 0 N–H and O–H groups in total. The molecule has 2 aromatic carbocycles. The van der Waals surface area contributed by atoms with Crippen LogP contribution in [0.15, 0.2) is 48.5 Å². The summed E-state index contributed by atoms with van der Waals surface area (Å²) in [7, 11) is 1.65. The number of non-ortho nitro benzene ring substituents is 1. The minimum Gasteiger partial charge on any atom is -0.497 e. The van der Waals surface area contributed by atoms with Crippen LogP contribution in [-0.2, 0) is 0 Å². The first kappa shape index (κ1) is 14.2. The molecular formula is C16H17N3O3. The Kier molecular flexibility index (Phi) is 3.82. The molecule has 0 unspecified atom stereocenters. The van der Waals surface area contributed by atoms with E-state index in [4.69, 9.17) is 4.74 Å². The summed E-state index contributed by atoms with van der Waals surface area (Å²) in [4.78, 5) is 14.8. The van der Waals surface area contributed by atoms with Gasteiger partial charge in [-0.2, -0.15) is 0 Å². The second kappa shape index (κ2) is 5.93. The van der Waals surface area contributed by atoms with Gasteiger partial charge in [0.1, 0.15) is 5.75 Å². The van der Waals surface area contributed by atoms with Crippen LogP contribution in [0.5, 0.6) is 5.75 Å². The Morgan fingerprint density at radius 1 is 0.955 bits per heavy atom. The summed E-state index contributed by atoms with van der Waals surface area (Å²) < 4.78 is 5.17. The van der Waals surface area contributed by atoms with Crippen LogP contribution >= 0.6 is 0 Å². The first-order valence-electron chi connectivity index (χ1n) is 7.06. The smallest absolute Gasteiger partial charge is 0.269 e. The zero-order chi connectivity index (χ0) is 15.5. The Morgan fingerprint density at radius 3 is 1.91 bits per heavy atom. The molecule has 0 bridgehead atoms. The van der Waals surface area contributed by atoms with Gasteiger partial charge in [-0.1, -0.05) is 0 Å². The fourth-order valence-corrected chi connectivity index (χ4v) is 2.59. The SMILES string of the molecule is COc1ccc(N2CCN(c3ccc([N+](=O)[O-])cc3)C2)cc1. The molecule has 0 aliphatic carbocycles. The van der Waals surface area contributed by atoms with Crippen molar-refractivity contribution in [1.29, 1.82) is 0 Å². The Balaban J connectivity index is 1.69. The molecule has 2 aromatic rings. The van der Waals surface area contributed by atoms with Crippen molar-refractivity contribution in [3.8, 4) is 5.75 Å². The summed E-state index contributed by atoms with van der Waals surface area (Å²) in [5.74, 6) is 0.843. The molecule has 1 aliphatic heterocycles. The van der Waals surface area contributed by atoms with Crippen LogP contribution in [0.4, 0.5) is 17.1 Å². The lowest BCUT2D eigenvalue weighted by Crippen LogP contribution is -2.24. The summed E-state index contributed by atoms with van der Waals surface area (Å²) in [6, 6.07) is 14.7. The van der Waals surface area contributed by atoms with Crippen LogP contribution in [0.1, 0.15) is 0 Å². The van der Waals surface area contributed by atoms with Crippen LogP contribution in [0.3, 0.4) is 0 Å². The Hall–Kier alpha value is -2.76. The van der Waals surface area contributed by atoms with Crippen molar-refractivity contribution in [1.82, 2.24) is 0 Å². The molecular weight excluding hydrogens is 282 g/mol. The summed E-state index contributed by atoms with van der Waals surface area (Å²) >= 11 is 0. The number of hydrogen-bond donors (Lipinski definition) is 0. The maximum absolute atomic E-state index is 10.7. The van der Waals surface area contributed by atoms with Gasteiger partial charge in [-0.25, -0.2) is 0 Å². The number of rotatable bonds is 4. The summed E-state index contributed by atoms with van der Waals surface area (Å²) in [6.45, 7) is 2.58. The summed E-state index contributed by atoms with van der Waals surface area (Å²) in [5.41, 5.74) is 2.27. The number of nitrogens with zero attached hydrogens (tertiary/aromatic N) is 3. The van der Waals surface area contributed by atoms with E-state index in [1.807, 2.05) is 24.3 Å². The molecule has 1 heterocycles. The molecule has 0 spiro atoms. The number of methoxy groups -OCH3 is 1. The highest BCUT2D eigenvalue weighted by Gasteiger charge is 2.21. The second-order valence-electron chi connectivity index (χ2n) is 5.14. The van der Waals surface area contributed by atoms with Crippen molar-refractivity contribution in [2.75, 3.05) is 36.7 Å². The minimum atomic E-state index is -0.378. The van der Waals surface area contributed by atoms with Crippen LogP contribution in [0.25, 0.3) is 0 Å². The van der Waals surface area contributed by atoms with E-state index in [1.165, 1.54) is 0 Å². The molecule has 0 radical (unpaired) electrons. The topological polar surface area (TPSA) is 58.8 Å². The van der Waals surface area contributed by atoms with Crippen molar-refractivity contribution >= 4 is 17.1 Å². The quantitative estimate of drug-likeness (QED) is 0.642. The molecule has 6 heteroatoms. The fraction of sp³-hybridized carbons (Fsp3) is 0.250. The van der Waals surface area contributed by atoms with E-state index in [0.717, 1.165) is 36.9 Å². The molecule has 1 aliphatic rings. The van der Waals surface area contributed by atoms with E-state index in [-0.39, 0.29) is 10.6 Å². The summed E-state index contributed by atoms with van der Waals surface area (Å²) in [6.07, 6.45) is 0. The largest absolute Gasteiger partial charge is 0.497 e.